The number of halogens is 1. The third-order valence-corrected chi connectivity index (χ3v) is 4.08. The maximum atomic E-state index is 11.0. The van der Waals surface area contributed by atoms with Crippen molar-refractivity contribution in [3.8, 4) is 0 Å². The summed E-state index contributed by atoms with van der Waals surface area (Å²) in [5.41, 5.74) is -0.837. The van der Waals surface area contributed by atoms with Crippen molar-refractivity contribution >= 4 is 33.2 Å². The number of hydrogen-bond acceptors (Lipinski definition) is 3. The van der Waals surface area contributed by atoms with Gasteiger partial charge in [-0.15, -0.1) is 11.3 Å². The van der Waals surface area contributed by atoms with Gasteiger partial charge in [0, 0.05) is 11.4 Å². The van der Waals surface area contributed by atoms with E-state index in [1.165, 1.54) is 0 Å². The largest absolute Gasteiger partial charge is 0.480 e. The number of nitrogens with one attached hydrogen (secondary N) is 1. The molecule has 0 aromatic carbocycles. The number of carboxylic acid groups (broad SMARTS) is 1. The highest BCUT2D eigenvalue weighted by Gasteiger charge is 2.30. The van der Waals surface area contributed by atoms with Gasteiger partial charge in [0.1, 0.15) is 5.54 Å². The predicted molar refractivity (Wildman–Crippen MR) is 65.2 cm³/mol. The minimum atomic E-state index is -0.837. The third kappa shape index (κ3) is 3.29. The summed E-state index contributed by atoms with van der Waals surface area (Å²) >= 11 is 4.98. The average Bonchev–Trinajstić information content (AvgIpc) is 2.60. The van der Waals surface area contributed by atoms with E-state index in [0.717, 1.165) is 8.66 Å². The Kier molecular flexibility index (Phi) is 4.31. The summed E-state index contributed by atoms with van der Waals surface area (Å²) in [6, 6.07) is 3.95. The van der Waals surface area contributed by atoms with Crippen molar-refractivity contribution in [2.75, 3.05) is 0 Å². The molecule has 0 radical (unpaired) electrons. The lowest BCUT2D eigenvalue weighted by molar-refractivity contribution is -0.144. The molecule has 0 saturated carbocycles. The lowest BCUT2D eigenvalue weighted by Gasteiger charge is -2.24. The summed E-state index contributed by atoms with van der Waals surface area (Å²) in [5.74, 6) is -0.805. The number of aliphatic carboxylic acids is 1. The van der Waals surface area contributed by atoms with Crippen LogP contribution in [0.4, 0.5) is 0 Å². The van der Waals surface area contributed by atoms with E-state index >= 15 is 0 Å². The Hall–Kier alpha value is -0.390. The SMILES string of the molecule is CCC(C)(NCc1ccc(Br)s1)C(=O)O. The van der Waals surface area contributed by atoms with Gasteiger partial charge in [-0.1, -0.05) is 6.92 Å². The summed E-state index contributed by atoms with van der Waals surface area (Å²) in [4.78, 5) is 12.1. The van der Waals surface area contributed by atoms with Crippen molar-refractivity contribution < 1.29 is 9.90 Å². The van der Waals surface area contributed by atoms with Crippen molar-refractivity contribution in [3.63, 3.8) is 0 Å². The number of hydrogen-bond donors (Lipinski definition) is 2. The molecule has 0 bridgehead atoms. The quantitative estimate of drug-likeness (QED) is 0.877. The molecule has 0 fully saturated rings. The van der Waals surface area contributed by atoms with Gasteiger partial charge in [0.15, 0.2) is 0 Å². The molecule has 1 heterocycles. The van der Waals surface area contributed by atoms with Crippen LogP contribution in [0.25, 0.3) is 0 Å². The predicted octanol–water partition coefficient (Wildman–Crippen LogP) is 2.85. The summed E-state index contributed by atoms with van der Waals surface area (Å²) in [6.07, 6.45) is 0.564. The number of carbonyl (C=O) groups is 1. The van der Waals surface area contributed by atoms with Crippen LogP contribution < -0.4 is 5.32 Å². The normalized spacial score (nSPS) is 14.9. The molecule has 0 aliphatic carbocycles. The molecule has 0 aliphatic rings. The zero-order chi connectivity index (χ0) is 11.5. The molecule has 1 aromatic heterocycles. The van der Waals surface area contributed by atoms with Crippen molar-refractivity contribution in [2.24, 2.45) is 0 Å². The highest BCUT2D eigenvalue weighted by Crippen LogP contribution is 2.22. The van der Waals surface area contributed by atoms with Gasteiger partial charge in [0.2, 0.25) is 0 Å². The third-order valence-electron chi connectivity index (χ3n) is 2.46. The highest BCUT2D eigenvalue weighted by atomic mass is 79.9. The molecule has 0 spiro atoms. The zero-order valence-electron chi connectivity index (χ0n) is 8.71. The van der Waals surface area contributed by atoms with Gasteiger partial charge in [-0.25, -0.2) is 0 Å². The summed E-state index contributed by atoms with van der Waals surface area (Å²) in [7, 11) is 0. The lowest BCUT2D eigenvalue weighted by atomic mass is 9.99. The Labute approximate surface area is 102 Å². The Morgan fingerprint density at radius 1 is 1.67 bits per heavy atom. The van der Waals surface area contributed by atoms with Crippen molar-refractivity contribution in [1.29, 1.82) is 0 Å². The molecule has 3 nitrogen and oxygen atoms in total. The molecule has 1 aromatic rings. The van der Waals surface area contributed by atoms with Gasteiger partial charge >= 0.3 is 5.97 Å². The van der Waals surface area contributed by atoms with Crippen molar-refractivity contribution in [1.82, 2.24) is 5.32 Å². The average molecular weight is 292 g/mol. The highest BCUT2D eigenvalue weighted by molar-refractivity contribution is 9.11. The zero-order valence-corrected chi connectivity index (χ0v) is 11.1. The van der Waals surface area contributed by atoms with Crippen LogP contribution in [-0.4, -0.2) is 16.6 Å². The molecule has 84 valence electrons. The van der Waals surface area contributed by atoms with Crippen LogP contribution >= 0.6 is 27.3 Å². The minimum absolute atomic E-state index is 0.564. The van der Waals surface area contributed by atoms with Crippen LogP contribution in [0, 0.1) is 0 Å². The van der Waals surface area contributed by atoms with Gasteiger partial charge in [-0.05, 0) is 41.4 Å². The second kappa shape index (κ2) is 5.09. The second-order valence-corrected chi connectivity index (χ2v) is 6.10. The molecule has 5 heteroatoms. The van der Waals surface area contributed by atoms with E-state index in [4.69, 9.17) is 5.11 Å². The van der Waals surface area contributed by atoms with Gasteiger partial charge < -0.3 is 5.11 Å². The van der Waals surface area contributed by atoms with E-state index in [0.29, 0.717) is 13.0 Å². The van der Waals surface area contributed by atoms with E-state index in [1.807, 2.05) is 19.1 Å². The fraction of sp³-hybridized carbons (Fsp3) is 0.500. The van der Waals surface area contributed by atoms with E-state index in [2.05, 4.69) is 21.2 Å². The number of thiophene rings is 1. The summed E-state index contributed by atoms with van der Waals surface area (Å²) in [5, 5.41) is 12.1. The molecule has 0 amide bonds. The van der Waals surface area contributed by atoms with E-state index in [1.54, 1.807) is 18.3 Å². The fourth-order valence-electron chi connectivity index (χ4n) is 1.08. The first-order valence-electron chi connectivity index (χ1n) is 4.70. The maximum absolute atomic E-state index is 11.0. The van der Waals surface area contributed by atoms with Gasteiger partial charge in [0.05, 0.1) is 3.79 Å². The van der Waals surface area contributed by atoms with Crippen LogP contribution in [-0.2, 0) is 11.3 Å². The monoisotopic (exact) mass is 291 g/mol. The Bertz CT molecular complexity index is 353. The lowest BCUT2D eigenvalue weighted by Crippen LogP contribution is -2.48. The summed E-state index contributed by atoms with van der Waals surface area (Å²) < 4.78 is 1.06. The first kappa shape index (κ1) is 12.7. The standard InChI is InChI=1S/C10H14BrNO2S/c1-3-10(2,9(13)14)12-6-7-4-5-8(11)15-7/h4-5,12H,3,6H2,1-2H3,(H,13,14). The first-order chi connectivity index (χ1) is 6.98. The molecular formula is C10H14BrNO2S. The van der Waals surface area contributed by atoms with Crippen molar-refractivity contribution in [3.05, 3.63) is 20.8 Å². The van der Waals surface area contributed by atoms with Gasteiger partial charge in [-0.2, -0.15) is 0 Å². The van der Waals surface area contributed by atoms with Crippen LogP contribution in [0.2, 0.25) is 0 Å². The van der Waals surface area contributed by atoms with Gasteiger partial charge in [0.25, 0.3) is 0 Å². The molecule has 0 aliphatic heterocycles. The van der Waals surface area contributed by atoms with E-state index in [9.17, 15) is 4.79 Å². The second-order valence-electron chi connectivity index (χ2n) is 3.55. The number of rotatable bonds is 5. The van der Waals surface area contributed by atoms with Gasteiger partial charge in [-0.3, -0.25) is 10.1 Å². The fourth-order valence-corrected chi connectivity index (χ4v) is 2.50. The Morgan fingerprint density at radius 2 is 2.33 bits per heavy atom. The molecule has 1 unspecified atom stereocenters. The molecule has 15 heavy (non-hydrogen) atoms. The van der Waals surface area contributed by atoms with E-state index in [-0.39, 0.29) is 0 Å². The smallest absolute Gasteiger partial charge is 0.323 e. The van der Waals surface area contributed by atoms with Crippen molar-refractivity contribution in [2.45, 2.75) is 32.4 Å². The van der Waals surface area contributed by atoms with Crippen LogP contribution in [0.3, 0.4) is 0 Å². The molecule has 1 atom stereocenters. The minimum Gasteiger partial charge on any atom is -0.480 e. The van der Waals surface area contributed by atoms with Crippen LogP contribution in [0.5, 0.6) is 0 Å². The first-order valence-corrected chi connectivity index (χ1v) is 6.31. The molecule has 0 saturated heterocycles. The van der Waals surface area contributed by atoms with E-state index < -0.39 is 11.5 Å². The maximum Gasteiger partial charge on any atom is 0.323 e. The Balaban J connectivity index is 2.59. The molecular weight excluding hydrogens is 278 g/mol. The van der Waals surface area contributed by atoms with Crippen LogP contribution in [0.1, 0.15) is 25.1 Å². The van der Waals surface area contributed by atoms with Crippen LogP contribution in [0.15, 0.2) is 15.9 Å². The molecule has 2 N–H and O–H groups in total. The molecule has 1 rings (SSSR count). The number of carboxylic acids is 1. The summed E-state index contributed by atoms with van der Waals surface area (Å²) in [6.45, 7) is 4.16. The Morgan fingerprint density at radius 3 is 2.73 bits per heavy atom. The topological polar surface area (TPSA) is 49.3 Å².